The van der Waals surface area contributed by atoms with Crippen molar-refractivity contribution < 1.29 is 19.8 Å². The monoisotopic (exact) mass is 246 g/mol. The van der Waals surface area contributed by atoms with E-state index in [9.17, 15) is 14.7 Å². The molecule has 0 spiro atoms. The fraction of sp³-hybridized carbons (Fsp3) is 0.143. The van der Waals surface area contributed by atoms with Crippen LogP contribution in [-0.2, 0) is 12.8 Å². The lowest BCUT2D eigenvalue weighted by molar-refractivity contribution is 0.0695. The largest absolute Gasteiger partial charge is 0.478 e. The van der Waals surface area contributed by atoms with Crippen LogP contribution in [0.4, 0.5) is 0 Å². The van der Waals surface area contributed by atoms with Gasteiger partial charge in [-0.25, -0.2) is 9.59 Å². The van der Waals surface area contributed by atoms with Crippen molar-refractivity contribution in [3.05, 3.63) is 59.7 Å². The summed E-state index contributed by atoms with van der Waals surface area (Å²) < 4.78 is 0. The lowest BCUT2D eigenvalue weighted by Gasteiger charge is -2.12. The van der Waals surface area contributed by atoms with Crippen molar-refractivity contribution in [2.45, 2.75) is 12.8 Å². The van der Waals surface area contributed by atoms with Gasteiger partial charge in [-0.05, 0) is 30.0 Å². The van der Waals surface area contributed by atoms with E-state index in [0.717, 1.165) is 0 Å². The van der Waals surface area contributed by atoms with Gasteiger partial charge in [-0.3, -0.25) is 0 Å². The summed E-state index contributed by atoms with van der Waals surface area (Å²) in [6.45, 7) is 7.09. The molecule has 0 saturated heterocycles. The second-order valence-electron chi connectivity index (χ2n) is 3.72. The van der Waals surface area contributed by atoms with E-state index in [1.54, 1.807) is 6.08 Å². The third-order valence-electron chi connectivity index (χ3n) is 2.56. The van der Waals surface area contributed by atoms with Crippen molar-refractivity contribution in [3.8, 4) is 0 Å². The highest BCUT2D eigenvalue weighted by molar-refractivity contribution is 5.98. The molecule has 94 valence electrons. The van der Waals surface area contributed by atoms with Crippen molar-refractivity contribution in [2.75, 3.05) is 0 Å². The predicted octanol–water partition coefficient (Wildman–Crippen LogP) is 2.54. The van der Waals surface area contributed by atoms with Crippen LogP contribution in [0.3, 0.4) is 0 Å². The molecular weight excluding hydrogens is 232 g/mol. The summed E-state index contributed by atoms with van der Waals surface area (Å²) in [5, 5.41) is 18.3. The van der Waals surface area contributed by atoms with Crippen molar-refractivity contribution in [3.63, 3.8) is 0 Å². The Kier molecular flexibility index (Phi) is 4.43. The molecule has 0 aliphatic heterocycles. The second-order valence-corrected chi connectivity index (χ2v) is 3.72. The summed E-state index contributed by atoms with van der Waals surface area (Å²) >= 11 is 0. The molecule has 0 amide bonds. The van der Waals surface area contributed by atoms with Crippen LogP contribution in [-0.4, -0.2) is 22.2 Å². The number of carboxylic acid groups (broad SMARTS) is 2. The van der Waals surface area contributed by atoms with Crippen molar-refractivity contribution in [2.24, 2.45) is 0 Å². The highest BCUT2D eigenvalue weighted by Gasteiger charge is 2.20. The molecule has 0 aromatic heterocycles. The van der Waals surface area contributed by atoms with Crippen LogP contribution in [0.5, 0.6) is 0 Å². The van der Waals surface area contributed by atoms with E-state index in [2.05, 4.69) is 13.2 Å². The van der Waals surface area contributed by atoms with Crippen molar-refractivity contribution in [1.29, 1.82) is 0 Å². The molecule has 0 aliphatic carbocycles. The van der Waals surface area contributed by atoms with Gasteiger partial charge < -0.3 is 10.2 Å². The maximum Gasteiger partial charge on any atom is 0.336 e. The molecule has 18 heavy (non-hydrogen) atoms. The SMILES string of the molecule is C=CCc1ccc(C(=O)O)c(CC=C)c1C(=O)O. The summed E-state index contributed by atoms with van der Waals surface area (Å²) in [5.74, 6) is -2.27. The minimum absolute atomic E-state index is 0.000104. The van der Waals surface area contributed by atoms with Gasteiger partial charge in [0.2, 0.25) is 0 Å². The van der Waals surface area contributed by atoms with Crippen LogP contribution >= 0.6 is 0 Å². The molecule has 0 unspecified atom stereocenters. The molecule has 1 rings (SSSR count). The summed E-state index contributed by atoms with van der Waals surface area (Å²) in [6, 6.07) is 2.94. The molecule has 1 aromatic carbocycles. The summed E-state index contributed by atoms with van der Waals surface area (Å²) in [5.41, 5.74) is 0.874. The quantitative estimate of drug-likeness (QED) is 0.756. The highest BCUT2D eigenvalue weighted by atomic mass is 16.4. The number of carbonyl (C=O) groups is 2. The van der Waals surface area contributed by atoms with Crippen LogP contribution in [0.15, 0.2) is 37.4 Å². The van der Waals surface area contributed by atoms with Crippen molar-refractivity contribution in [1.82, 2.24) is 0 Å². The number of hydrogen-bond acceptors (Lipinski definition) is 2. The number of aromatic carboxylic acids is 2. The number of benzene rings is 1. The zero-order valence-corrected chi connectivity index (χ0v) is 9.85. The number of rotatable bonds is 6. The first-order valence-electron chi connectivity index (χ1n) is 5.36. The number of allylic oxidation sites excluding steroid dienone is 2. The molecule has 4 heteroatoms. The topological polar surface area (TPSA) is 74.6 Å². The first kappa shape index (κ1) is 13.7. The molecule has 0 radical (unpaired) electrons. The van der Waals surface area contributed by atoms with E-state index in [1.807, 2.05) is 0 Å². The average molecular weight is 246 g/mol. The molecule has 0 saturated carbocycles. The first-order valence-corrected chi connectivity index (χ1v) is 5.36. The van der Waals surface area contributed by atoms with Gasteiger partial charge in [0.25, 0.3) is 0 Å². The lowest BCUT2D eigenvalue weighted by atomic mass is 9.92. The third-order valence-corrected chi connectivity index (χ3v) is 2.56. The standard InChI is InChI=1S/C14H14O4/c1-3-5-9-7-8-11(13(15)16)10(6-4-2)12(9)14(17)18/h3-4,7-8H,1-2,5-6H2,(H,15,16)(H,17,18). The molecular formula is C14H14O4. The van der Waals surface area contributed by atoms with E-state index < -0.39 is 11.9 Å². The zero-order valence-electron chi connectivity index (χ0n) is 9.85. The fourth-order valence-electron chi connectivity index (χ4n) is 1.85. The van der Waals surface area contributed by atoms with Gasteiger partial charge in [-0.1, -0.05) is 18.2 Å². The Morgan fingerprint density at radius 2 is 1.67 bits per heavy atom. The Balaban J connectivity index is 3.58. The van der Waals surface area contributed by atoms with Gasteiger partial charge in [0.15, 0.2) is 0 Å². The summed E-state index contributed by atoms with van der Waals surface area (Å²) in [4.78, 5) is 22.4. The average Bonchev–Trinajstić information content (AvgIpc) is 2.29. The van der Waals surface area contributed by atoms with Crippen molar-refractivity contribution >= 4 is 11.9 Å². The molecule has 0 atom stereocenters. The summed E-state index contributed by atoms with van der Waals surface area (Å²) in [6.07, 6.45) is 3.66. The fourth-order valence-corrected chi connectivity index (χ4v) is 1.85. The van der Waals surface area contributed by atoms with Gasteiger partial charge in [0.1, 0.15) is 0 Å². The van der Waals surface area contributed by atoms with Gasteiger partial charge in [0, 0.05) is 0 Å². The van der Waals surface area contributed by atoms with E-state index >= 15 is 0 Å². The molecule has 0 bridgehead atoms. The molecule has 0 heterocycles. The van der Waals surface area contributed by atoms with E-state index in [-0.39, 0.29) is 23.1 Å². The Bertz CT molecular complexity index is 515. The third kappa shape index (κ3) is 2.66. The number of hydrogen-bond donors (Lipinski definition) is 2. The van der Waals surface area contributed by atoms with Crippen LogP contribution in [0.1, 0.15) is 31.8 Å². The maximum atomic E-state index is 11.3. The molecule has 4 nitrogen and oxygen atoms in total. The predicted molar refractivity (Wildman–Crippen MR) is 68.2 cm³/mol. The molecule has 0 aliphatic rings. The van der Waals surface area contributed by atoms with Crippen LogP contribution in [0, 0.1) is 0 Å². The summed E-state index contributed by atoms with van der Waals surface area (Å²) in [7, 11) is 0. The van der Waals surface area contributed by atoms with Gasteiger partial charge in [-0.15, -0.1) is 13.2 Å². The zero-order chi connectivity index (χ0) is 13.7. The smallest absolute Gasteiger partial charge is 0.336 e. The van der Waals surface area contributed by atoms with Crippen LogP contribution < -0.4 is 0 Å². The second kappa shape index (κ2) is 5.82. The van der Waals surface area contributed by atoms with E-state index in [0.29, 0.717) is 12.0 Å². The van der Waals surface area contributed by atoms with Crippen LogP contribution in [0.25, 0.3) is 0 Å². The Labute approximate surface area is 105 Å². The number of carboxylic acids is 2. The highest BCUT2D eigenvalue weighted by Crippen LogP contribution is 2.22. The Morgan fingerprint density at radius 1 is 1.06 bits per heavy atom. The van der Waals surface area contributed by atoms with E-state index in [4.69, 9.17) is 5.11 Å². The van der Waals surface area contributed by atoms with Crippen LogP contribution in [0.2, 0.25) is 0 Å². The Hall–Kier alpha value is -2.36. The first-order chi connectivity index (χ1) is 8.52. The Morgan fingerprint density at radius 3 is 2.11 bits per heavy atom. The molecule has 2 N–H and O–H groups in total. The van der Waals surface area contributed by atoms with Gasteiger partial charge in [0.05, 0.1) is 11.1 Å². The minimum Gasteiger partial charge on any atom is -0.478 e. The molecule has 0 fully saturated rings. The lowest BCUT2D eigenvalue weighted by Crippen LogP contribution is -2.12. The van der Waals surface area contributed by atoms with Gasteiger partial charge in [-0.2, -0.15) is 0 Å². The minimum atomic E-state index is -1.14. The maximum absolute atomic E-state index is 11.3. The van der Waals surface area contributed by atoms with Gasteiger partial charge >= 0.3 is 11.9 Å². The molecule has 1 aromatic rings. The van der Waals surface area contributed by atoms with E-state index in [1.165, 1.54) is 18.2 Å². The normalized spacial score (nSPS) is 9.78.